The number of rotatable bonds is 3. The van der Waals surface area contributed by atoms with E-state index >= 15 is 0 Å². The Morgan fingerprint density at radius 2 is 1.84 bits per heavy atom. The lowest BCUT2D eigenvalue weighted by atomic mass is 9.95. The van der Waals surface area contributed by atoms with Crippen LogP contribution in [0.15, 0.2) is 6.07 Å². The number of anilines is 2. The van der Waals surface area contributed by atoms with Gasteiger partial charge in [-0.05, 0) is 68.6 Å². The van der Waals surface area contributed by atoms with Crippen LogP contribution in [-0.4, -0.2) is 24.0 Å². The first kappa shape index (κ1) is 20.5. The summed E-state index contributed by atoms with van der Waals surface area (Å²) >= 11 is 2.81. The van der Waals surface area contributed by atoms with Crippen molar-refractivity contribution in [2.75, 3.05) is 18.2 Å². The summed E-state index contributed by atoms with van der Waals surface area (Å²) in [5.74, 6) is -0.691. The van der Waals surface area contributed by atoms with E-state index in [-0.39, 0.29) is 5.91 Å². The van der Waals surface area contributed by atoms with Crippen LogP contribution >= 0.6 is 22.7 Å². The molecule has 0 atom stereocenters. The molecule has 3 aromatic rings. The molecule has 0 unspecified atom stereocenters. The highest BCUT2D eigenvalue weighted by Crippen LogP contribution is 2.40. The summed E-state index contributed by atoms with van der Waals surface area (Å²) in [7, 11) is 1.38. The molecule has 0 spiro atoms. The highest BCUT2D eigenvalue weighted by atomic mass is 32.1. The van der Waals surface area contributed by atoms with Crippen molar-refractivity contribution in [2.24, 2.45) is 0 Å². The first-order valence-electron chi connectivity index (χ1n) is 10.8. The zero-order valence-corrected chi connectivity index (χ0v) is 19.1. The number of nitrogens with two attached hydrogens (primary N) is 1. The van der Waals surface area contributed by atoms with Crippen LogP contribution in [0.3, 0.4) is 0 Å². The summed E-state index contributed by atoms with van der Waals surface area (Å²) < 4.78 is 5.01. The lowest BCUT2D eigenvalue weighted by Crippen LogP contribution is -2.15. The third-order valence-electron chi connectivity index (χ3n) is 6.24. The first-order valence-corrected chi connectivity index (χ1v) is 12.4. The van der Waals surface area contributed by atoms with Crippen LogP contribution in [0.4, 0.5) is 10.7 Å². The van der Waals surface area contributed by atoms with E-state index in [1.54, 1.807) is 0 Å². The average Bonchev–Trinajstić information content (AvgIpc) is 3.19. The second-order valence-electron chi connectivity index (χ2n) is 8.21. The van der Waals surface area contributed by atoms with Crippen LogP contribution in [0.2, 0.25) is 0 Å². The van der Waals surface area contributed by atoms with Crippen LogP contribution in [0, 0.1) is 0 Å². The molecule has 31 heavy (non-hydrogen) atoms. The average molecular weight is 456 g/mol. The molecule has 0 fully saturated rings. The van der Waals surface area contributed by atoms with Crippen molar-refractivity contribution in [3.05, 3.63) is 38.2 Å². The molecular weight excluding hydrogens is 430 g/mol. The van der Waals surface area contributed by atoms with Gasteiger partial charge in [0, 0.05) is 16.0 Å². The normalized spacial score (nSPS) is 15.8. The highest BCUT2D eigenvalue weighted by Gasteiger charge is 2.28. The molecule has 162 valence electrons. The second kappa shape index (κ2) is 8.24. The number of ether oxygens (including phenoxy) is 1. The third-order valence-corrected chi connectivity index (χ3v) is 8.56. The quantitative estimate of drug-likeness (QED) is 0.422. The van der Waals surface area contributed by atoms with E-state index in [9.17, 15) is 9.59 Å². The van der Waals surface area contributed by atoms with E-state index in [2.05, 4.69) is 11.4 Å². The Balaban J connectivity index is 1.51. The van der Waals surface area contributed by atoms with E-state index in [4.69, 9.17) is 15.5 Å². The smallest absolute Gasteiger partial charge is 0.341 e. The predicted octanol–water partition coefficient (Wildman–Crippen LogP) is 5.13. The number of aromatic nitrogens is 1. The zero-order valence-electron chi connectivity index (χ0n) is 17.5. The van der Waals surface area contributed by atoms with Crippen LogP contribution in [-0.2, 0) is 30.4 Å². The van der Waals surface area contributed by atoms with Gasteiger partial charge in [0.2, 0.25) is 0 Å². The molecule has 5 rings (SSSR count). The van der Waals surface area contributed by atoms with Crippen molar-refractivity contribution < 1.29 is 14.3 Å². The molecule has 3 aromatic heterocycles. The lowest BCUT2D eigenvalue weighted by Gasteiger charge is -2.11. The van der Waals surface area contributed by atoms with Gasteiger partial charge < -0.3 is 15.8 Å². The largest absolute Gasteiger partial charge is 0.465 e. The molecule has 0 bridgehead atoms. The van der Waals surface area contributed by atoms with E-state index < -0.39 is 5.97 Å². The number of thiophene rings is 2. The number of fused-ring (bicyclic) bond motifs is 3. The number of amides is 1. The number of carbonyl (C=O) groups is 2. The minimum absolute atomic E-state index is 0.292. The van der Waals surface area contributed by atoms with Gasteiger partial charge in [-0.1, -0.05) is 6.42 Å². The van der Waals surface area contributed by atoms with Gasteiger partial charge in [-0.3, -0.25) is 4.79 Å². The molecule has 3 heterocycles. The topological polar surface area (TPSA) is 94.3 Å². The number of nitrogen functional groups attached to an aromatic ring is 1. The van der Waals surface area contributed by atoms with Gasteiger partial charge in [0.15, 0.2) is 0 Å². The number of nitrogens with zero attached hydrogens (tertiary/aromatic N) is 1. The van der Waals surface area contributed by atoms with E-state index in [0.717, 1.165) is 77.7 Å². The summed E-state index contributed by atoms with van der Waals surface area (Å²) in [6, 6.07) is 2.12. The molecule has 0 aromatic carbocycles. The van der Waals surface area contributed by atoms with Gasteiger partial charge >= 0.3 is 5.97 Å². The number of pyridine rings is 1. The predicted molar refractivity (Wildman–Crippen MR) is 126 cm³/mol. The summed E-state index contributed by atoms with van der Waals surface area (Å²) in [5.41, 5.74) is 10.8. The maximum Gasteiger partial charge on any atom is 0.341 e. The monoisotopic (exact) mass is 455 g/mol. The SMILES string of the molecule is COC(=O)c1c(NC(=O)c2sc3nc4c(cc3c2N)CCCCC4)sc2c1CCCC2. The molecule has 8 heteroatoms. The first-order chi connectivity index (χ1) is 15.1. The maximum atomic E-state index is 13.2. The number of hydrogen-bond acceptors (Lipinski definition) is 7. The fourth-order valence-corrected chi connectivity index (χ4v) is 6.90. The van der Waals surface area contributed by atoms with Crippen molar-refractivity contribution >= 4 is 55.5 Å². The minimum Gasteiger partial charge on any atom is -0.465 e. The number of methoxy groups -OCH3 is 1. The lowest BCUT2D eigenvalue weighted by molar-refractivity contribution is 0.0601. The van der Waals surface area contributed by atoms with Gasteiger partial charge in [-0.2, -0.15) is 0 Å². The molecular formula is C23H25N3O3S2. The number of carbonyl (C=O) groups excluding carboxylic acids is 2. The van der Waals surface area contributed by atoms with E-state index in [1.807, 2.05) is 0 Å². The summed E-state index contributed by atoms with van der Waals surface area (Å²) in [5, 5.41) is 4.38. The van der Waals surface area contributed by atoms with Crippen molar-refractivity contribution in [2.45, 2.75) is 57.8 Å². The van der Waals surface area contributed by atoms with Gasteiger partial charge in [-0.15, -0.1) is 22.7 Å². The second-order valence-corrected chi connectivity index (χ2v) is 10.3. The number of aryl methyl sites for hydroxylation is 3. The maximum absolute atomic E-state index is 13.2. The number of hydrogen-bond donors (Lipinski definition) is 2. The fourth-order valence-electron chi connectivity index (χ4n) is 4.64. The highest BCUT2D eigenvalue weighted by molar-refractivity contribution is 7.21. The van der Waals surface area contributed by atoms with E-state index in [1.165, 1.54) is 41.8 Å². The Kier molecular flexibility index (Phi) is 5.44. The summed E-state index contributed by atoms with van der Waals surface area (Å²) in [4.78, 5) is 32.9. The van der Waals surface area contributed by atoms with Gasteiger partial charge in [-0.25, -0.2) is 9.78 Å². The van der Waals surface area contributed by atoms with Gasteiger partial charge in [0.05, 0.1) is 18.4 Å². The van der Waals surface area contributed by atoms with Crippen molar-refractivity contribution in [1.82, 2.24) is 4.98 Å². The molecule has 1 amide bonds. The summed E-state index contributed by atoms with van der Waals surface area (Å²) in [6.45, 7) is 0. The molecule has 6 nitrogen and oxygen atoms in total. The van der Waals surface area contributed by atoms with E-state index in [0.29, 0.717) is 21.1 Å². The Morgan fingerprint density at radius 3 is 2.68 bits per heavy atom. The van der Waals surface area contributed by atoms with Crippen LogP contribution < -0.4 is 11.1 Å². The molecule has 3 N–H and O–H groups in total. The summed E-state index contributed by atoms with van der Waals surface area (Å²) in [6.07, 6.45) is 9.44. The Morgan fingerprint density at radius 1 is 1.06 bits per heavy atom. The van der Waals surface area contributed by atoms with Crippen molar-refractivity contribution in [1.29, 1.82) is 0 Å². The van der Waals surface area contributed by atoms with Crippen molar-refractivity contribution in [3.63, 3.8) is 0 Å². The van der Waals surface area contributed by atoms with Gasteiger partial charge in [0.25, 0.3) is 5.91 Å². The standard InChI is InChI=1S/C23H25N3O3S2/c1-29-23(28)17-13-8-5-6-10-16(13)30-22(17)26-20(27)19-18(24)14-11-12-7-3-2-4-9-15(12)25-21(14)31-19/h11H,2-10,24H2,1H3,(H,26,27). The fraction of sp³-hybridized carbons (Fsp3) is 0.435. The van der Waals surface area contributed by atoms with Crippen molar-refractivity contribution in [3.8, 4) is 0 Å². The van der Waals surface area contributed by atoms with Crippen LogP contribution in [0.1, 0.15) is 73.8 Å². The molecule has 2 aliphatic rings. The number of nitrogens with one attached hydrogen (secondary N) is 1. The molecule has 0 aliphatic heterocycles. The Hall–Kier alpha value is -2.45. The Labute approximate surface area is 188 Å². The van der Waals surface area contributed by atoms with Gasteiger partial charge in [0.1, 0.15) is 14.7 Å². The minimum atomic E-state index is -0.399. The molecule has 0 saturated carbocycles. The Bertz CT molecular complexity index is 1190. The van der Waals surface area contributed by atoms with Crippen LogP contribution in [0.25, 0.3) is 10.2 Å². The molecule has 2 aliphatic carbocycles. The zero-order chi connectivity index (χ0) is 21.5. The molecule has 0 radical (unpaired) electrons. The molecule has 0 saturated heterocycles. The van der Waals surface area contributed by atoms with Crippen LogP contribution in [0.5, 0.6) is 0 Å². The third kappa shape index (κ3) is 3.61. The number of esters is 1.